The molecule has 8 aliphatic rings. The van der Waals surface area contributed by atoms with Gasteiger partial charge in [0.1, 0.15) is 11.3 Å². The van der Waals surface area contributed by atoms with Crippen LogP contribution in [0.3, 0.4) is 0 Å². The molecule has 11 rings (SSSR count). The maximum atomic E-state index is 15.0. The second-order valence-corrected chi connectivity index (χ2v) is 14.6. The number of halogens is 1. The molecule has 1 atom stereocenters. The van der Waals surface area contributed by atoms with Crippen molar-refractivity contribution in [2.24, 2.45) is 17.3 Å². The SMILES string of the molecule is O=C(C1CC2(F)CC1C2)N(CC12CCC(c3nc(C4CC4)no3)(CC1)CC2)c1cccc(-c2noc(C3(O)CC3)n2)c1. The molecular weight excluding hydrogens is 537 g/mol. The summed E-state index contributed by atoms with van der Waals surface area (Å²) in [6.07, 6.45) is 10.8. The summed E-state index contributed by atoms with van der Waals surface area (Å²) in [5.41, 5.74) is -0.711. The zero-order valence-corrected chi connectivity index (χ0v) is 23.7. The van der Waals surface area contributed by atoms with Gasteiger partial charge in [0.2, 0.25) is 17.6 Å². The number of amides is 1. The van der Waals surface area contributed by atoms with Crippen LogP contribution in [-0.4, -0.2) is 43.5 Å². The van der Waals surface area contributed by atoms with Gasteiger partial charge in [0.15, 0.2) is 5.82 Å². The highest BCUT2D eigenvalue weighted by molar-refractivity contribution is 5.96. The highest BCUT2D eigenvalue weighted by Crippen LogP contribution is 2.60. The van der Waals surface area contributed by atoms with E-state index in [0.717, 1.165) is 74.3 Å². The van der Waals surface area contributed by atoms with Gasteiger partial charge in [-0.05, 0) is 107 Å². The molecule has 1 amide bonds. The van der Waals surface area contributed by atoms with Gasteiger partial charge in [-0.25, -0.2) is 4.39 Å². The number of rotatable bonds is 8. The van der Waals surface area contributed by atoms with Gasteiger partial charge >= 0.3 is 0 Å². The number of hydrogen-bond donors (Lipinski definition) is 1. The Labute approximate surface area is 243 Å². The number of carbonyl (C=O) groups excluding carboxylic acids is 1. The normalized spacial score (nSPS) is 35.7. The van der Waals surface area contributed by atoms with E-state index in [1.165, 1.54) is 0 Å². The van der Waals surface area contributed by atoms with E-state index in [2.05, 4.69) is 15.3 Å². The highest BCUT2D eigenvalue weighted by Gasteiger charge is 2.60. The lowest BCUT2D eigenvalue weighted by Crippen LogP contribution is -2.51. The largest absolute Gasteiger partial charge is 0.380 e. The van der Waals surface area contributed by atoms with Gasteiger partial charge < -0.3 is 19.1 Å². The van der Waals surface area contributed by atoms with Crippen LogP contribution in [0, 0.1) is 17.3 Å². The van der Waals surface area contributed by atoms with Crippen LogP contribution in [-0.2, 0) is 15.8 Å². The molecule has 8 aliphatic carbocycles. The maximum Gasteiger partial charge on any atom is 0.258 e. The number of fused-ring (bicyclic) bond motifs is 4. The fraction of sp³-hybridized carbons (Fsp3) is 0.656. The first kappa shape index (κ1) is 25.4. The standard InChI is InChI=1S/C32H36FN5O4/c33-31-15-21(16-31)23(17-31)26(39)38(22-3-1-2-20(14-22)25-35-28(42-37-25)32(40)12-13-32)18-29-6-9-30(10-7-29,11-8-29)27-34-24(36-41-27)19-4-5-19/h1-3,14,19,21,23,40H,4-13,15-18H2. The molecule has 1 N–H and O–H groups in total. The Balaban J connectivity index is 1.00. The first-order valence-corrected chi connectivity index (χ1v) is 15.8. The fourth-order valence-electron chi connectivity index (χ4n) is 8.47. The minimum absolute atomic E-state index is 0.00370. The molecule has 9 nitrogen and oxygen atoms in total. The van der Waals surface area contributed by atoms with E-state index in [1.807, 2.05) is 29.2 Å². The van der Waals surface area contributed by atoms with Crippen LogP contribution in [0.1, 0.15) is 107 Å². The van der Waals surface area contributed by atoms with Crippen molar-refractivity contribution in [1.82, 2.24) is 20.3 Å². The topological polar surface area (TPSA) is 118 Å². The number of carbonyl (C=O) groups is 1. The molecule has 2 heterocycles. The molecule has 0 spiro atoms. The molecule has 8 fully saturated rings. The first-order valence-electron chi connectivity index (χ1n) is 15.8. The maximum absolute atomic E-state index is 15.0. The van der Waals surface area contributed by atoms with Crippen LogP contribution < -0.4 is 4.90 Å². The smallest absolute Gasteiger partial charge is 0.258 e. The Kier molecular flexibility index (Phi) is 5.12. The number of anilines is 1. The van der Waals surface area contributed by atoms with Crippen molar-refractivity contribution >= 4 is 11.6 Å². The number of hydrogen-bond acceptors (Lipinski definition) is 8. The van der Waals surface area contributed by atoms with Crippen LogP contribution >= 0.6 is 0 Å². The lowest BCUT2D eigenvalue weighted by atomic mass is 9.53. The molecule has 10 heteroatoms. The van der Waals surface area contributed by atoms with Crippen molar-refractivity contribution in [2.45, 2.75) is 106 Å². The van der Waals surface area contributed by atoms with Crippen LogP contribution in [0.4, 0.5) is 10.1 Å². The van der Waals surface area contributed by atoms with Crippen LogP contribution in [0.2, 0.25) is 0 Å². The number of alkyl halides is 1. The van der Waals surface area contributed by atoms with Crippen molar-refractivity contribution in [3.05, 3.63) is 41.9 Å². The lowest BCUT2D eigenvalue weighted by Gasteiger charge is -2.53. The minimum Gasteiger partial charge on any atom is -0.380 e. The van der Waals surface area contributed by atoms with Crippen molar-refractivity contribution in [2.75, 3.05) is 11.4 Å². The Morgan fingerprint density at radius 2 is 1.69 bits per heavy atom. The summed E-state index contributed by atoms with van der Waals surface area (Å²) >= 11 is 0. The predicted octanol–water partition coefficient (Wildman–Crippen LogP) is 5.74. The summed E-state index contributed by atoms with van der Waals surface area (Å²) in [6.45, 7) is 0.613. The van der Waals surface area contributed by atoms with E-state index >= 15 is 0 Å². The van der Waals surface area contributed by atoms with Crippen LogP contribution in [0.15, 0.2) is 33.3 Å². The van der Waals surface area contributed by atoms with Gasteiger partial charge in [0.25, 0.3) is 5.89 Å². The first-order chi connectivity index (χ1) is 20.2. The van der Waals surface area contributed by atoms with Gasteiger partial charge in [-0.2, -0.15) is 9.97 Å². The fourth-order valence-corrected chi connectivity index (χ4v) is 8.47. The molecule has 1 unspecified atom stereocenters. The summed E-state index contributed by atoms with van der Waals surface area (Å²) in [5.74, 6) is 2.70. The van der Waals surface area contributed by atoms with Gasteiger partial charge in [0, 0.05) is 35.0 Å². The van der Waals surface area contributed by atoms with Gasteiger partial charge in [-0.15, -0.1) is 0 Å². The van der Waals surface area contributed by atoms with E-state index in [4.69, 9.17) is 14.0 Å². The quantitative estimate of drug-likeness (QED) is 0.362. The summed E-state index contributed by atoms with van der Waals surface area (Å²) < 4.78 is 26.2. The number of nitrogens with zero attached hydrogens (tertiary/aromatic N) is 5. The summed E-state index contributed by atoms with van der Waals surface area (Å²) in [4.78, 5) is 25.5. The molecule has 42 heavy (non-hydrogen) atoms. The predicted molar refractivity (Wildman–Crippen MR) is 148 cm³/mol. The highest BCUT2D eigenvalue weighted by atomic mass is 19.1. The second kappa shape index (κ2) is 8.49. The van der Waals surface area contributed by atoms with Crippen molar-refractivity contribution in [3.8, 4) is 11.4 Å². The Bertz CT molecular complexity index is 1540. The molecule has 1 aromatic carbocycles. The van der Waals surface area contributed by atoms with Crippen LogP contribution in [0.25, 0.3) is 11.4 Å². The Morgan fingerprint density at radius 3 is 2.36 bits per heavy atom. The van der Waals surface area contributed by atoms with Crippen molar-refractivity contribution in [3.63, 3.8) is 0 Å². The van der Waals surface area contributed by atoms with Crippen molar-refractivity contribution < 1.29 is 23.3 Å². The van der Waals surface area contributed by atoms with E-state index in [0.29, 0.717) is 50.4 Å². The van der Waals surface area contributed by atoms with Gasteiger partial charge in [-0.3, -0.25) is 4.79 Å². The van der Waals surface area contributed by atoms with E-state index in [1.54, 1.807) is 0 Å². The molecule has 220 valence electrons. The molecular formula is C32H36FN5O4. The van der Waals surface area contributed by atoms with E-state index in [9.17, 15) is 14.3 Å². The van der Waals surface area contributed by atoms with E-state index < -0.39 is 11.3 Å². The monoisotopic (exact) mass is 573 g/mol. The minimum atomic E-state index is -1.17. The third-order valence-corrected chi connectivity index (χ3v) is 11.7. The summed E-state index contributed by atoms with van der Waals surface area (Å²) in [7, 11) is 0. The number of aliphatic hydroxyl groups is 1. The Hall–Kier alpha value is -3.14. The number of benzene rings is 1. The molecule has 4 bridgehead atoms. The zero-order chi connectivity index (χ0) is 28.3. The zero-order valence-electron chi connectivity index (χ0n) is 23.7. The third kappa shape index (κ3) is 3.93. The van der Waals surface area contributed by atoms with Gasteiger partial charge in [0.05, 0.1) is 0 Å². The number of aromatic nitrogens is 4. The van der Waals surface area contributed by atoms with Gasteiger partial charge in [-0.1, -0.05) is 22.4 Å². The van der Waals surface area contributed by atoms with E-state index in [-0.39, 0.29) is 34.5 Å². The average molecular weight is 574 g/mol. The molecule has 0 saturated heterocycles. The third-order valence-electron chi connectivity index (χ3n) is 11.7. The molecule has 3 aromatic rings. The summed E-state index contributed by atoms with van der Waals surface area (Å²) in [6, 6.07) is 7.72. The molecule has 0 aliphatic heterocycles. The second-order valence-electron chi connectivity index (χ2n) is 14.6. The van der Waals surface area contributed by atoms with Crippen LogP contribution in [0.5, 0.6) is 0 Å². The molecule has 2 aromatic heterocycles. The average Bonchev–Trinajstić information content (AvgIpc) is 3.73. The lowest BCUT2D eigenvalue weighted by molar-refractivity contribution is -0.123. The van der Waals surface area contributed by atoms with Crippen molar-refractivity contribution in [1.29, 1.82) is 0 Å². The molecule has 0 radical (unpaired) electrons. The summed E-state index contributed by atoms with van der Waals surface area (Å²) in [5, 5.41) is 18.8. The molecule has 8 saturated carbocycles. The Morgan fingerprint density at radius 1 is 0.952 bits per heavy atom.